The number of aliphatic hydroxyl groups is 1. The summed E-state index contributed by atoms with van der Waals surface area (Å²) in [7, 11) is 0. The fourth-order valence-corrected chi connectivity index (χ4v) is 4.27. The van der Waals surface area contributed by atoms with E-state index in [1.165, 1.54) is 10.9 Å². The van der Waals surface area contributed by atoms with Crippen LogP contribution >= 0.6 is 0 Å². The lowest BCUT2D eigenvalue weighted by atomic mass is 9.96. The average Bonchev–Trinajstić information content (AvgIpc) is 3.16. The van der Waals surface area contributed by atoms with Gasteiger partial charge in [-0.25, -0.2) is 0 Å². The molecule has 1 aliphatic rings. The lowest BCUT2D eigenvalue weighted by Gasteiger charge is -2.34. The Kier molecular flexibility index (Phi) is 4.41. The lowest BCUT2D eigenvalue weighted by molar-refractivity contribution is 0.0541. The lowest BCUT2D eigenvalue weighted by Crippen LogP contribution is -2.46. The van der Waals surface area contributed by atoms with Crippen LogP contribution < -0.4 is 0 Å². The van der Waals surface area contributed by atoms with E-state index in [9.17, 15) is 9.90 Å². The molecule has 1 aliphatic heterocycles. The van der Waals surface area contributed by atoms with Gasteiger partial charge in [0.15, 0.2) is 0 Å². The topological polar surface area (TPSA) is 56.3 Å². The Hall–Kier alpha value is -3.37. The number of para-hydroxylation sites is 1. The molecule has 4 aromatic rings. The molecule has 0 radical (unpaired) electrons. The summed E-state index contributed by atoms with van der Waals surface area (Å²) in [5.41, 5.74) is 6.20. The summed E-state index contributed by atoms with van der Waals surface area (Å²) in [6.07, 6.45) is 0.656. The van der Waals surface area contributed by atoms with Gasteiger partial charge in [-0.15, -0.1) is 0 Å². The highest BCUT2D eigenvalue weighted by Crippen LogP contribution is 2.31. The maximum absolute atomic E-state index is 13.2. The number of hydrogen-bond donors (Lipinski definition) is 2. The van der Waals surface area contributed by atoms with Crippen LogP contribution in [0.2, 0.25) is 0 Å². The van der Waals surface area contributed by atoms with Gasteiger partial charge < -0.3 is 15.0 Å². The smallest absolute Gasteiger partial charge is 0.254 e. The van der Waals surface area contributed by atoms with Crippen molar-refractivity contribution >= 4 is 16.8 Å². The Balaban J connectivity index is 1.44. The molecule has 4 heteroatoms. The minimum Gasteiger partial charge on any atom is -0.394 e. The average molecular weight is 382 g/mol. The zero-order chi connectivity index (χ0) is 19.8. The standard InChI is InChI=1S/C25H22N2O2/c28-16-20-14-22-21-8-4-5-9-23(21)26-24(22)15-27(20)25(29)19-12-10-18(11-13-19)17-6-2-1-3-7-17/h1-13,20,26,28H,14-16H2. The van der Waals surface area contributed by atoms with Crippen molar-refractivity contribution in [1.82, 2.24) is 9.88 Å². The number of rotatable bonds is 3. The number of fused-ring (bicyclic) bond motifs is 3. The number of carbonyl (C=O) groups excluding carboxylic acids is 1. The molecule has 2 heterocycles. The van der Waals surface area contributed by atoms with Crippen LogP contribution in [0.1, 0.15) is 21.6 Å². The number of nitrogens with zero attached hydrogens (tertiary/aromatic N) is 1. The van der Waals surface area contributed by atoms with Crippen LogP contribution in [0.3, 0.4) is 0 Å². The Bertz CT molecular complexity index is 1160. The normalized spacial score (nSPS) is 16.0. The number of hydrogen-bond acceptors (Lipinski definition) is 2. The van der Waals surface area contributed by atoms with E-state index in [2.05, 4.69) is 29.2 Å². The quantitative estimate of drug-likeness (QED) is 0.552. The number of aliphatic hydroxyl groups excluding tert-OH is 1. The monoisotopic (exact) mass is 382 g/mol. The second-order valence-corrected chi connectivity index (χ2v) is 7.54. The van der Waals surface area contributed by atoms with E-state index in [1.807, 2.05) is 54.6 Å². The zero-order valence-corrected chi connectivity index (χ0v) is 16.0. The van der Waals surface area contributed by atoms with Gasteiger partial charge in [0.2, 0.25) is 0 Å². The van der Waals surface area contributed by atoms with E-state index in [1.54, 1.807) is 4.90 Å². The maximum atomic E-state index is 13.2. The van der Waals surface area contributed by atoms with E-state index < -0.39 is 0 Å². The van der Waals surface area contributed by atoms with Crippen molar-refractivity contribution in [2.75, 3.05) is 6.61 Å². The summed E-state index contributed by atoms with van der Waals surface area (Å²) >= 11 is 0. The fraction of sp³-hybridized carbons (Fsp3) is 0.160. The molecule has 2 N–H and O–H groups in total. The van der Waals surface area contributed by atoms with Crippen molar-refractivity contribution in [2.45, 2.75) is 19.0 Å². The van der Waals surface area contributed by atoms with Gasteiger partial charge in [-0.2, -0.15) is 0 Å². The van der Waals surface area contributed by atoms with Crippen molar-refractivity contribution in [1.29, 1.82) is 0 Å². The van der Waals surface area contributed by atoms with Gasteiger partial charge in [-0.3, -0.25) is 4.79 Å². The van der Waals surface area contributed by atoms with Crippen molar-refractivity contribution in [3.8, 4) is 11.1 Å². The molecular weight excluding hydrogens is 360 g/mol. The summed E-state index contributed by atoms with van der Waals surface area (Å²) in [6.45, 7) is 0.432. The minimum atomic E-state index is -0.219. The highest BCUT2D eigenvalue weighted by Gasteiger charge is 2.32. The van der Waals surface area contributed by atoms with Crippen LogP contribution in [-0.2, 0) is 13.0 Å². The summed E-state index contributed by atoms with van der Waals surface area (Å²) in [4.78, 5) is 18.5. The highest BCUT2D eigenvalue weighted by atomic mass is 16.3. The first-order valence-electron chi connectivity index (χ1n) is 9.90. The van der Waals surface area contributed by atoms with Crippen LogP contribution in [0.25, 0.3) is 22.0 Å². The molecule has 0 saturated carbocycles. The number of H-pyrrole nitrogens is 1. The van der Waals surface area contributed by atoms with Gasteiger partial charge in [0.05, 0.1) is 19.2 Å². The van der Waals surface area contributed by atoms with Gasteiger partial charge in [0, 0.05) is 22.2 Å². The molecule has 1 aromatic heterocycles. The molecule has 1 atom stereocenters. The third kappa shape index (κ3) is 3.12. The van der Waals surface area contributed by atoms with E-state index >= 15 is 0 Å². The first-order valence-corrected chi connectivity index (χ1v) is 9.90. The number of amides is 1. The first-order chi connectivity index (χ1) is 14.2. The predicted octanol–water partition coefficient (Wildman–Crippen LogP) is 4.39. The summed E-state index contributed by atoms with van der Waals surface area (Å²) < 4.78 is 0. The second kappa shape index (κ2) is 7.22. The predicted molar refractivity (Wildman–Crippen MR) is 115 cm³/mol. The Morgan fingerprint density at radius 1 is 0.931 bits per heavy atom. The number of aromatic amines is 1. The molecule has 1 unspecified atom stereocenters. The number of benzene rings is 3. The molecule has 1 amide bonds. The van der Waals surface area contributed by atoms with Crippen molar-refractivity contribution in [2.24, 2.45) is 0 Å². The van der Waals surface area contributed by atoms with Gasteiger partial charge in [0.25, 0.3) is 5.91 Å². The first kappa shape index (κ1) is 17.7. The molecule has 0 aliphatic carbocycles. The van der Waals surface area contributed by atoms with E-state index in [-0.39, 0.29) is 18.6 Å². The molecule has 0 saturated heterocycles. The van der Waals surface area contributed by atoms with Crippen LogP contribution in [0, 0.1) is 0 Å². The maximum Gasteiger partial charge on any atom is 0.254 e. The Morgan fingerprint density at radius 2 is 1.62 bits per heavy atom. The van der Waals surface area contributed by atoms with Gasteiger partial charge >= 0.3 is 0 Å². The minimum absolute atomic E-state index is 0.0482. The van der Waals surface area contributed by atoms with Crippen LogP contribution in [0.15, 0.2) is 78.9 Å². The SMILES string of the molecule is O=C(c1ccc(-c2ccccc2)cc1)N1Cc2[nH]c3ccccc3c2CC1CO. The largest absolute Gasteiger partial charge is 0.394 e. The third-order valence-corrected chi connectivity index (χ3v) is 5.82. The van der Waals surface area contributed by atoms with Crippen molar-refractivity contribution < 1.29 is 9.90 Å². The van der Waals surface area contributed by atoms with Crippen LogP contribution in [-0.4, -0.2) is 33.5 Å². The third-order valence-electron chi connectivity index (χ3n) is 5.82. The molecule has 0 bridgehead atoms. The van der Waals surface area contributed by atoms with E-state index in [0.717, 1.165) is 22.3 Å². The number of nitrogens with one attached hydrogen (secondary N) is 1. The van der Waals surface area contributed by atoms with Crippen molar-refractivity contribution in [3.05, 3.63) is 95.7 Å². The molecule has 4 nitrogen and oxygen atoms in total. The molecule has 29 heavy (non-hydrogen) atoms. The van der Waals surface area contributed by atoms with Crippen LogP contribution in [0.5, 0.6) is 0 Å². The molecule has 5 rings (SSSR count). The number of aromatic nitrogens is 1. The summed E-state index contributed by atoms with van der Waals surface area (Å²) in [6, 6.07) is 25.8. The van der Waals surface area contributed by atoms with E-state index in [0.29, 0.717) is 18.5 Å². The molecule has 144 valence electrons. The summed E-state index contributed by atoms with van der Waals surface area (Å²) in [5, 5.41) is 11.2. The molecular formula is C25H22N2O2. The summed E-state index contributed by atoms with van der Waals surface area (Å²) in [5.74, 6) is -0.0482. The highest BCUT2D eigenvalue weighted by molar-refractivity contribution is 5.95. The molecule has 0 fully saturated rings. The van der Waals surface area contributed by atoms with E-state index in [4.69, 9.17) is 0 Å². The number of carbonyl (C=O) groups is 1. The Labute approximate surface area is 169 Å². The van der Waals surface area contributed by atoms with Gasteiger partial charge in [-0.1, -0.05) is 60.7 Å². The van der Waals surface area contributed by atoms with Gasteiger partial charge in [0.1, 0.15) is 0 Å². The molecule has 3 aromatic carbocycles. The van der Waals surface area contributed by atoms with Crippen LogP contribution in [0.4, 0.5) is 0 Å². The van der Waals surface area contributed by atoms with Gasteiger partial charge in [-0.05, 0) is 41.3 Å². The zero-order valence-electron chi connectivity index (χ0n) is 16.0. The fourth-order valence-electron chi connectivity index (χ4n) is 4.27. The Morgan fingerprint density at radius 3 is 2.38 bits per heavy atom. The van der Waals surface area contributed by atoms with Crippen molar-refractivity contribution in [3.63, 3.8) is 0 Å². The molecule has 0 spiro atoms. The second-order valence-electron chi connectivity index (χ2n) is 7.54.